The molecule has 2 aliphatic rings. The van der Waals surface area contributed by atoms with Crippen molar-refractivity contribution < 1.29 is 14.6 Å². The molecule has 1 heterocycles. The van der Waals surface area contributed by atoms with Crippen molar-refractivity contribution in [1.82, 2.24) is 0 Å². The number of fused-ring (bicyclic) bond motifs is 1. The zero-order valence-electron chi connectivity index (χ0n) is 8.82. The van der Waals surface area contributed by atoms with Crippen LogP contribution in [0.1, 0.15) is 32.6 Å². The maximum Gasteiger partial charge on any atom is 0.147 e. The molecule has 0 aromatic carbocycles. The van der Waals surface area contributed by atoms with Gasteiger partial charge in [0.15, 0.2) is 0 Å². The first kappa shape index (κ1) is 10.4. The Kier molecular flexibility index (Phi) is 3.42. The molecule has 4 unspecified atom stereocenters. The summed E-state index contributed by atoms with van der Waals surface area (Å²) < 4.78 is 11.0. The molecular weight excluding hydrogens is 180 g/mol. The standard InChI is InChI=1S/C11H20O3/c1-2-3-8-4-10-11(14-7-13-10)5-9(8)6-12/h8-12H,2-7H2,1H3. The lowest BCUT2D eigenvalue weighted by Gasteiger charge is -2.35. The van der Waals surface area contributed by atoms with Gasteiger partial charge >= 0.3 is 0 Å². The Bertz CT molecular complexity index is 183. The van der Waals surface area contributed by atoms with Crippen LogP contribution in [0.3, 0.4) is 0 Å². The Morgan fingerprint density at radius 3 is 2.36 bits per heavy atom. The van der Waals surface area contributed by atoms with Crippen LogP contribution in [-0.2, 0) is 9.47 Å². The highest BCUT2D eigenvalue weighted by atomic mass is 16.7. The molecule has 0 bridgehead atoms. The smallest absolute Gasteiger partial charge is 0.147 e. The van der Waals surface area contributed by atoms with Gasteiger partial charge < -0.3 is 14.6 Å². The molecule has 0 radical (unpaired) electrons. The molecule has 1 aliphatic carbocycles. The van der Waals surface area contributed by atoms with Crippen LogP contribution in [0.25, 0.3) is 0 Å². The minimum Gasteiger partial charge on any atom is -0.396 e. The summed E-state index contributed by atoms with van der Waals surface area (Å²) in [5, 5.41) is 9.31. The van der Waals surface area contributed by atoms with Crippen molar-refractivity contribution in [3.05, 3.63) is 0 Å². The molecule has 1 saturated heterocycles. The molecule has 1 saturated carbocycles. The fourth-order valence-electron chi connectivity index (χ4n) is 2.80. The average Bonchev–Trinajstić information content (AvgIpc) is 2.64. The highest BCUT2D eigenvalue weighted by Gasteiger charge is 2.40. The first-order valence-corrected chi connectivity index (χ1v) is 5.69. The minimum atomic E-state index is 0.250. The van der Waals surface area contributed by atoms with E-state index in [1.807, 2.05) is 0 Å². The zero-order chi connectivity index (χ0) is 9.97. The molecule has 0 amide bonds. The average molecular weight is 200 g/mol. The van der Waals surface area contributed by atoms with Crippen molar-refractivity contribution in [2.45, 2.75) is 44.8 Å². The van der Waals surface area contributed by atoms with Crippen LogP contribution in [-0.4, -0.2) is 30.7 Å². The molecule has 0 spiro atoms. The summed E-state index contributed by atoms with van der Waals surface area (Å²) in [6.07, 6.45) is 5.00. The van der Waals surface area contributed by atoms with E-state index < -0.39 is 0 Å². The summed E-state index contributed by atoms with van der Waals surface area (Å²) >= 11 is 0. The van der Waals surface area contributed by atoms with Gasteiger partial charge in [0.05, 0.1) is 12.2 Å². The van der Waals surface area contributed by atoms with Gasteiger partial charge in [-0.05, 0) is 24.7 Å². The molecule has 1 aliphatic heterocycles. The number of aliphatic hydroxyl groups is 1. The van der Waals surface area contributed by atoms with E-state index in [2.05, 4.69) is 6.92 Å². The molecule has 14 heavy (non-hydrogen) atoms. The first-order chi connectivity index (χ1) is 6.85. The van der Waals surface area contributed by atoms with Crippen molar-refractivity contribution in [3.63, 3.8) is 0 Å². The van der Waals surface area contributed by atoms with E-state index in [1.165, 1.54) is 12.8 Å². The summed E-state index contributed by atoms with van der Waals surface area (Å²) in [7, 11) is 0. The third-order valence-corrected chi connectivity index (χ3v) is 3.61. The summed E-state index contributed by atoms with van der Waals surface area (Å²) in [6, 6.07) is 0. The second kappa shape index (κ2) is 4.60. The monoisotopic (exact) mass is 200 g/mol. The van der Waals surface area contributed by atoms with Gasteiger partial charge in [-0.1, -0.05) is 19.8 Å². The van der Waals surface area contributed by atoms with Gasteiger partial charge in [-0.25, -0.2) is 0 Å². The summed E-state index contributed by atoms with van der Waals surface area (Å²) in [5.41, 5.74) is 0. The van der Waals surface area contributed by atoms with Crippen molar-refractivity contribution >= 4 is 0 Å². The van der Waals surface area contributed by atoms with Crippen LogP contribution in [0.4, 0.5) is 0 Å². The van der Waals surface area contributed by atoms with Crippen molar-refractivity contribution in [2.75, 3.05) is 13.4 Å². The zero-order valence-corrected chi connectivity index (χ0v) is 8.82. The van der Waals surface area contributed by atoms with Crippen LogP contribution in [0, 0.1) is 11.8 Å². The fraction of sp³-hybridized carbons (Fsp3) is 1.00. The van der Waals surface area contributed by atoms with E-state index in [9.17, 15) is 5.11 Å². The Labute approximate surface area is 85.4 Å². The number of hydrogen-bond donors (Lipinski definition) is 1. The summed E-state index contributed by atoms with van der Waals surface area (Å²) in [5.74, 6) is 1.06. The van der Waals surface area contributed by atoms with E-state index >= 15 is 0 Å². The fourth-order valence-corrected chi connectivity index (χ4v) is 2.80. The third kappa shape index (κ3) is 1.95. The molecule has 2 fully saturated rings. The van der Waals surface area contributed by atoms with E-state index in [4.69, 9.17) is 9.47 Å². The van der Waals surface area contributed by atoms with Crippen molar-refractivity contribution in [3.8, 4) is 0 Å². The van der Waals surface area contributed by atoms with Crippen molar-refractivity contribution in [2.24, 2.45) is 11.8 Å². The highest BCUT2D eigenvalue weighted by molar-refractivity contribution is 4.88. The molecular formula is C11H20O3. The second-order valence-corrected chi connectivity index (χ2v) is 4.49. The van der Waals surface area contributed by atoms with Crippen LogP contribution in [0.5, 0.6) is 0 Å². The number of aliphatic hydroxyl groups excluding tert-OH is 1. The van der Waals surface area contributed by atoms with Crippen LogP contribution < -0.4 is 0 Å². The molecule has 2 rings (SSSR count). The van der Waals surface area contributed by atoms with Gasteiger partial charge in [0, 0.05) is 6.61 Å². The van der Waals surface area contributed by atoms with Crippen LogP contribution in [0.15, 0.2) is 0 Å². The van der Waals surface area contributed by atoms with E-state index in [0.29, 0.717) is 31.3 Å². The van der Waals surface area contributed by atoms with Gasteiger partial charge in [-0.15, -0.1) is 0 Å². The van der Waals surface area contributed by atoms with E-state index in [-0.39, 0.29) is 6.10 Å². The van der Waals surface area contributed by atoms with Crippen LogP contribution >= 0.6 is 0 Å². The molecule has 1 N–H and O–H groups in total. The van der Waals surface area contributed by atoms with Crippen molar-refractivity contribution in [1.29, 1.82) is 0 Å². The molecule has 82 valence electrons. The molecule has 3 nitrogen and oxygen atoms in total. The molecule has 0 aromatic heterocycles. The van der Waals surface area contributed by atoms with Gasteiger partial charge in [-0.2, -0.15) is 0 Å². The highest BCUT2D eigenvalue weighted by Crippen LogP contribution is 2.38. The number of hydrogen-bond acceptors (Lipinski definition) is 3. The lowest BCUT2D eigenvalue weighted by atomic mass is 9.75. The molecule has 0 aromatic rings. The predicted octanol–water partition coefficient (Wildman–Crippen LogP) is 1.55. The normalized spacial score (nSPS) is 42.4. The minimum absolute atomic E-state index is 0.250. The predicted molar refractivity (Wildman–Crippen MR) is 52.8 cm³/mol. The lowest BCUT2D eigenvalue weighted by molar-refractivity contribution is 0.0172. The maximum atomic E-state index is 9.31. The Balaban J connectivity index is 1.95. The quantitative estimate of drug-likeness (QED) is 0.751. The number of ether oxygens (including phenoxy) is 2. The third-order valence-electron chi connectivity index (χ3n) is 3.61. The topological polar surface area (TPSA) is 38.7 Å². The summed E-state index contributed by atoms with van der Waals surface area (Å²) in [4.78, 5) is 0. The van der Waals surface area contributed by atoms with Gasteiger partial charge in [0.1, 0.15) is 6.79 Å². The Morgan fingerprint density at radius 1 is 1.14 bits per heavy atom. The Morgan fingerprint density at radius 2 is 1.79 bits per heavy atom. The van der Waals surface area contributed by atoms with Crippen LogP contribution in [0.2, 0.25) is 0 Å². The summed E-state index contributed by atoms with van der Waals surface area (Å²) in [6.45, 7) is 2.95. The lowest BCUT2D eigenvalue weighted by Crippen LogP contribution is -2.38. The van der Waals surface area contributed by atoms with E-state index in [1.54, 1.807) is 0 Å². The second-order valence-electron chi connectivity index (χ2n) is 4.49. The van der Waals surface area contributed by atoms with Gasteiger partial charge in [0.25, 0.3) is 0 Å². The SMILES string of the molecule is CCCC1CC2OCOC2CC1CO. The first-order valence-electron chi connectivity index (χ1n) is 5.69. The molecule has 4 atom stereocenters. The maximum absolute atomic E-state index is 9.31. The molecule has 3 heteroatoms. The van der Waals surface area contributed by atoms with Gasteiger partial charge in [-0.3, -0.25) is 0 Å². The van der Waals surface area contributed by atoms with E-state index in [0.717, 1.165) is 12.8 Å². The van der Waals surface area contributed by atoms with Gasteiger partial charge in [0.2, 0.25) is 0 Å². The number of rotatable bonds is 3. The Hall–Kier alpha value is -0.120. The largest absolute Gasteiger partial charge is 0.396 e.